The van der Waals surface area contributed by atoms with Crippen molar-refractivity contribution in [1.29, 1.82) is 0 Å². The van der Waals surface area contributed by atoms with E-state index in [2.05, 4.69) is 4.98 Å². The van der Waals surface area contributed by atoms with Crippen LogP contribution >= 0.6 is 11.6 Å². The molecular formula is C18H20ClFN2O3. The SMILES string of the molecule is COCCOC1CC(Oc2ccc(-c3cc(F)c(N)cc3Cl)cn2)C1. The molecule has 0 atom stereocenters. The van der Waals surface area contributed by atoms with Crippen molar-refractivity contribution in [2.24, 2.45) is 0 Å². The first-order chi connectivity index (χ1) is 12.1. The Morgan fingerprint density at radius 3 is 2.72 bits per heavy atom. The smallest absolute Gasteiger partial charge is 0.213 e. The molecular weight excluding hydrogens is 347 g/mol. The molecule has 2 aromatic rings. The fourth-order valence-electron chi connectivity index (χ4n) is 2.61. The minimum atomic E-state index is -0.506. The summed E-state index contributed by atoms with van der Waals surface area (Å²) in [6.45, 7) is 1.19. The molecule has 0 spiro atoms. The molecule has 1 heterocycles. The van der Waals surface area contributed by atoms with Crippen LogP contribution in [-0.2, 0) is 9.47 Å². The first kappa shape index (κ1) is 17.9. The molecule has 0 bridgehead atoms. The third-order valence-corrected chi connectivity index (χ3v) is 4.43. The lowest BCUT2D eigenvalue weighted by atomic mass is 9.92. The normalized spacial score (nSPS) is 19.5. The van der Waals surface area contributed by atoms with E-state index in [-0.39, 0.29) is 17.9 Å². The number of aromatic nitrogens is 1. The van der Waals surface area contributed by atoms with Gasteiger partial charge in [-0.15, -0.1) is 0 Å². The maximum absolute atomic E-state index is 13.6. The minimum Gasteiger partial charge on any atom is -0.474 e. The molecule has 0 aliphatic heterocycles. The van der Waals surface area contributed by atoms with E-state index in [0.717, 1.165) is 12.8 Å². The minimum absolute atomic E-state index is 0.0221. The number of nitrogens with two attached hydrogens (primary N) is 1. The molecule has 1 saturated carbocycles. The van der Waals surface area contributed by atoms with Crippen molar-refractivity contribution < 1.29 is 18.6 Å². The summed E-state index contributed by atoms with van der Waals surface area (Å²) in [6.07, 6.45) is 3.60. The van der Waals surface area contributed by atoms with Crippen LogP contribution in [0.15, 0.2) is 30.5 Å². The molecule has 7 heteroatoms. The second-order valence-corrected chi connectivity index (χ2v) is 6.34. The second kappa shape index (κ2) is 7.99. The second-order valence-electron chi connectivity index (χ2n) is 5.94. The van der Waals surface area contributed by atoms with Gasteiger partial charge in [-0.05, 0) is 18.2 Å². The molecule has 3 rings (SSSR count). The molecule has 1 aromatic carbocycles. The number of rotatable bonds is 7. The highest BCUT2D eigenvalue weighted by Crippen LogP contribution is 2.32. The zero-order valence-corrected chi connectivity index (χ0v) is 14.6. The van der Waals surface area contributed by atoms with Crippen LogP contribution in [-0.4, -0.2) is 37.5 Å². The molecule has 1 aromatic heterocycles. The Balaban J connectivity index is 1.56. The van der Waals surface area contributed by atoms with Gasteiger partial charge < -0.3 is 19.9 Å². The van der Waals surface area contributed by atoms with Crippen molar-refractivity contribution in [2.45, 2.75) is 25.0 Å². The Morgan fingerprint density at radius 1 is 1.24 bits per heavy atom. The van der Waals surface area contributed by atoms with Crippen molar-refractivity contribution in [1.82, 2.24) is 4.98 Å². The Hall–Kier alpha value is -1.89. The van der Waals surface area contributed by atoms with E-state index in [9.17, 15) is 4.39 Å². The molecule has 25 heavy (non-hydrogen) atoms. The van der Waals surface area contributed by atoms with Crippen LogP contribution in [0.2, 0.25) is 5.02 Å². The zero-order chi connectivity index (χ0) is 17.8. The number of ether oxygens (including phenoxy) is 3. The van der Waals surface area contributed by atoms with Gasteiger partial charge >= 0.3 is 0 Å². The Labute approximate surface area is 150 Å². The Bertz CT molecular complexity index is 721. The highest BCUT2D eigenvalue weighted by molar-refractivity contribution is 6.33. The zero-order valence-electron chi connectivity index (χ0n) is 13.9. The highest BCUT2D eigenvalue weighted by Gasteiger charge is 2.31. The predicted octanol–water partition coefficient (Wildman–Crippen LogP) is 3.70. The van der Waals surface area contributed by atoms with Crippen LogP contribution in [0.5, 0.6) is 5.88 Å². The number of nitrogen functional groups attached to an aromatic ring is 1. The summed E-state index contributed by atoms with van der Waals surface area (Å²) in [6, 6.07) is 6.25. The van der Waals surface area contributed by atoms with E-state index >= 15 is 0 Å². The van der Waals surface area contributed by atoms with E-state index in [0.29, 0.717) is 35.2 Å². The van der Waals surface area contributed by atoms with Gasteiger partial charge in [-0.3, -0.25) is 0 Å². The summed E-state index contributed by atoms with van der Waals surface area (Å²) >= 11 is 6.13. The standard InChI is InChI=1S/C18H20ClFN2O3/c1-23-4-5-24-12-6-13(7-12)25-18-3-2-11(10-22-18)14-8-16(20)17(21)9-15(14)19/h2-3,8-10,12-13H,4-7,21H2,1H3. The molecule has 1 aliphatic rings. The molecule has 0 unspecified atom stereocenters. The van der Waals surface area contributed by atoms with Crippen LogP contribution in [0.4, 0.5) is 10.1 Å². The molecule has 0 radical (unpaired) electrons. The summed E-state index contributed by atoms with van der Waals surface area (Å²) in [7, 11) is 1.65. The van der Waals surface area contributed by atoms with Crippen LogP contribution in [0.1, 0.15) is 12.8 Å². The van der Waals surface area contributed by atoms with E-state index in [1.807, 2.05) is 0 Å². The lowest BCUT2D eigenvalue weighted by Gasteiger charge is -2.34. The van der Waals surface area contributed by atoms with Crippen molar-refractivity contribution >= 4 is 17.3 Å². The summed E-state index contributed by atoms with van der Waals surface area (Å²) < 4.78 is 30.0. The van der Waals surface area contributed by atoms with E-state index < -0.39 is 5.82 Å². The van der Waals surface area contributed by atoms with Gasteiger partial charge in [-0.2, -0.15) is 0 Å². The molecule has 5 nitrogen and oxygen atoms in total. The topological polar surface area (TPSA) is 66.6 Å². The molecule has 134 valence electrons. The monoisotopic (exact) mass is 366 g/mol. The predicted molar refractivity (Wildman–Crippen MR) is 94.3 cm³/mol. The number of hydrogen-bond acceptors (Lipinski definition) is 5. The van der Waals surface area contributed by atoms with Crippen molar-refractivity contribution in [3.63, 3.8) is 0 Å². The first-order valence-electron chi connectivity index (χ1n) is 8.05. The lowest BCUT2D eigenvalue weighted by molar-refractivity contribution is -0.0730. The van der Waals surface area contributed by atoms with Crippen LogP contribution in [0, 0.1) is 5.82 Å². The van der Waals surface area contributed by atoms with E-state index in [4.69, 9.17) is 31.5 Å². The molecule has 1 fully saturated rings. The van der Waals surface area contributed by atoms with Gasteiger partial charge in [0.1, 0.15) is 11.9 Å². The average molecular weight is 367 g/mol. The van der Waals surface area contributed by atoms with Crippen LogP contribution in [0.3, 0.4) is 0 Å². The number of hydrogen-bond donors (Lipinski definition) is 1. The maximum atomic E-state index is 13.6. The molecule has 1 aliphatic carbocycles. The van der Waals surface area contributed by atoms with Gasteiger partial charge in [0.25, 0.3) is 0 Å². The molecule has 0 saturated heterocycles. The summed E-state index contributed by atoms with van der Waals surface area (Å²) in [4.78, 5) is 4.28. The summed E-state index contributed by atoms with van der Waals surface area (Å²) in [5, 5.41) is 0.379. The first-order valence-corrected chi connectivity index (χ1v) is 8.42. The third-order valence-electron chi connectivity index (χ3n) is 4.11. The lowest BCUT2D eigenvalue weighted by Crippen LogP contribution is -2.40. The van der Waals surface area contributed by atoms with Gasteiger partial charge in [-0.25, -0.2) is 9.37 Å². The Kier molecular flexibility index (Phi) is 5.73. The van der Waals surface area contributed by atoms with Crippen LogP contribution < -0.4 is 10.5 Å². The molecule has 2 N–H and O–H groups in total. The van der Waals surface area contributed by atoms with Crippen LogP contribution in [0.25, 0.3) is 11.1 Å². The Morgan fingerprint density at radius 2 is 2.04 bits per heavy atom. The van der Waals surface area contributed by atoms with Gasteiger partial charge in [0.2, 0.25) is 5.88 Å². The van der Waals surface area contributed by atoms with Crippen molar-refractivity contribution in [3.05, 3.63) is 41.3 Å². The number of methoxy groups -OCH3 is 1. The van der Waals surface area contributed by atoms with Gasteiger partial charge in [0.05, 0.1) is 30.0 Å². The number of benzene rings is 1. The largest absolute Gasteiger partial charge is 0.474 e. The van der Waals surface area contributed by atoms with Gasteiger partial charge in [0.15, 0.2) is 0 Å². The quantitative estimate of drug-likeness (QED) is 0.598. The number of pyridine rings is 1. The number of halogens is 2. The number of anilines is 1. The van der Waals surface area contributed by atoms with Gasteiger partial charge in [-0.1, -0.05) is 11.6 Å². The van der Waals surface area contributed by atoms with Crippen molar-refractivity contribution in [2.75, 3.05) is 26.1 Å². The summed E-state index contributed by atoms with van der Waals surface area (Å²) in [5.41, 5.74) is 6.77. The van der Waals surface area contributed by atoms with E-state index in [1.165, 1.54) is 12.1 Å². The van der Waals surface area contributed by atoms with Crippen molar-refractivity contribution in [3.8, 4) is 17.0 Å². The summed E-state index contributed by atoms with van der Waals surface area (Å²) in [5.74, 6) is 0.0184. The maximum Gasteiger partial charge on any atom is 0.213 e. The fourth-order valence-corrected chi connectivity index (χ4v) is 2.89. The average Bonchev–Trinajstić information content (AvgIpc) is 2.56. The third kappa shape index (κ3) is 4.39. The van der Waals surface area contributed by atoms with Gasteiger partial charge in [0, 0.05) is 43.3 Å². The highest BCUT2D eigenvalue weighted by atomic mass is 35.5. The molecule has 0 amide bonds. The fraction of sp³-hybridized carbons (Fsp3) is 0.389. The number of nitrogens with zero attached hydrogens (tertiary/aromatic N) is 1. The van der Waals surface area contributed by atoms with E-state index in [1.54, 1.807) is 25.4 Å².